The second-order valence-corrected chi connectivity index (χ2v) is 7.73. The van der Waals surface area contributed by atoms with Crippen LogP contribution in [0.5, 0.6) is 5.75 Å². The number of ether oxygens (including phenoxy) is 1. The Morgan fingerprint density at radius 1 is 1.25 bits per heavy atom. The predicted octanol–water partition coefficient (Wildman–Crippen LogP) is 5.17. The summed E-state index contributed by atoms with van der Waals surface area (Å²) < 4.78 is 6.62. The Kier molecular flexibility index (Phi) is 5.08. The smallest absolute Gasteiger partial charge is 0.270 e. The molecule has 0 unspecified atom stereocenters. The van der Waals surface area contributed by atoms with Gasteiger partial charge in [-0.05, 0) is 58.3 Å². The molecule has 24 heavy (non-hydrogen) atoms. The Hall–Kier alpha value is -1.63. The summed E-state index contributed by atoms with van der Waals surface area (Å²) in [5.41, 5.74) is 2.76. The molecule has 6 heteroatoms. The zero-order valence-electron chi connectivity index (χ0n) is 13.1. The number of benzene rings is 2. The van der Waals surface area contributed by atoms with Crippen molar-refractivity contribution in [2.45, 2.75) is 6.92 Å². The lowest BCUT2D eigenvalue weighted by molar-refractivity contribution is -0.113. The Balaban J connectivity index is 1.94. The summed E-state index contributed by atoms with van der Waals surface area (Å²) >= 11 is 10.2. The topological polar surface area (TPSA) is 29.5 Å². The van der Waals surface area contributed by atoms with Crippen LogP contribution in [0.15, 0.2) is 51.8 Å². The van der Waals surface area contributed by atoms with E-state index < -0.39 is 0 Å². The maximum Gasteiger partial charge on any atom is 0.270 e. The van der Waals surface area contributed by atoms with Crippen LogP contribution in [0.1, 0.15) is 11.1 Å². The monoisotopic (exact) mass is 419 g/mol. The highest BCUT2D eigenvalue weighted by Gasteiger charge is 2.33. The Morgan fingerprint density at radius 3 is 2.67 bits per heavy atom. The van der Waals surface area contributed by atoms with E-state index in [1.54, 1.807) is 12.0 Å². The first-order chi connectivity index (χ1) is 11.5. The van der Waals surface area contributed by atoms with Crippen LogP contribution in [0, 0.1) is 6.92 Å². The van der Waals surface area contributed by atoms with E-state index in [1.807, 2.05) is 55.5 Å². The summed E-state index contributed by atoms with van der Waals surface area (Å²) in [5.74, 6) is 0.658. The number of thiocarbonyl (C=S) groups is 1. The van der Waals surface area contributed by atoms with E-state index in [2.05, 4.69) is 15.9 Å². The van der Waals surface area contributed by atoms with E-state index in [0.717, 1.165) is 27.0 Å². The molecule has 0 saturated carbocycles. The molecular weight excluding hydrogens is 406 g/mol. The molecule has 2 aromatic rings. The van der Waals surface area contributed by atoms with Crippen LogP contribution < -0.4 is 9.64 Å². The number of nitrogens with zero attached hydrogens (tertiary/aromatic N) is 1. The molecule has 0 N–H and O–H groups in total. The van der Waals surface area contributed by atoms with Crippen molar-refractivity contribution in [2.24, 2.45) is 0 Å². The van der Waals surface area contributed by atoms with E-state index in [9.17, 15) is 4.79 Å². The molecule has 0 radical (unpaired) electrons. The van der Waals surface area contributed by atoms with Crippen molar-refractivity contribution in [3.05, 3.63) is 63.0 Å². The van der Waals surface area contributed by atoms with Crippen LogP contribution in [0.2, 0.25) is 0 Å². The van der Waals surface area contributed by atoms with Crippen LogP contribution >= 0.6 is 39.9 Å². The first-order valence-corrected chi connectivity index (χ1v) is 9.20. The Bertz CT molecular complexity index is 864. The minimum atomic E-state index is -0.0914. The average Bonchev–Trinajstić information content (AvgIpc) is 2.82. The number of carbonyl (C=O) groups is 1. The number of amides is 1. The Morgan fingerprint density at radius 2 is 2.00 bits per heavy atom. The molecule has 0 spiro atoms. The molecule has 0 bridgehead atoms. The number of para-hydroxylation sites is 1. The number of halogens is 1. The molecule has 3 nitrogen and oxygen atoms in total. The number of hydrogen-bond donors (Lipinski definition) is 0. The lowest BCUT2D eigenvalue weighted by Crippen LogP contribution is -2.28. The van der Waals surface area contributed by atoms with E-state index in [4.69, 9.17) is 17.0 Å². The number of hydrogen-bond acceptors (Lipinski definition) is 4. The van der Waals surface area contributed by atoms with Gasteiger partial charge in [0.15, 0.2) is 4.32 Å². The van der Waals surface area contributed by atoms with Gasteiger partial charge >= 0.3 is 0 Å². The molecule has 0 aliphatic carbocycles. The SMILES string of the molecule is COc1ccc(C=C2SC(=S)N(c3ccccc3C)C2=O)cc1Br. The molecule has 1 aliphatic rings. The summed E-state index contributed by atoms with van der Waals surface area (Å²) in [6.07, 6.45) is 1.85. The van der Waals surface area contributed by atoms with Crippen molar-refractivity contribution in [1.29, 1.82) is 0 Å². The molecule has 1 amide bonds. The summed E-state index contributed by atoms with van der Waals surface area (Å²) in [7, 11) is 1.62. The van der Waals surface area contributed by atoms with Gasteiger partial charge in [-0.1, -0.05) is 48.2 Å². The van der Waals surface area contributed by atoms with Crippen molar-refractivity contribution in [3.63, 3.8) is 0 Å². The number of methoxy groups -OCH3 is 1. The molecule has 1 saturated heterocycles. The molecule has 3 rings (SSSR count). The summed E-state index contributed by atoms with van der Waals surface area (Å²) in [4.78, 5) is 15.0. The van der Waals surface area contributed by atoms with Crippen LogP contribution in [0.4, 0.5) is 5.69 Å². The van der Waals surface area contributed by atoms with E-state index in [-0.39, 0.29) is 5.91 Å². The molecule has 122 valence electrons. The summed E-state index contributed by atoms with van der Waals surface area (Å²) in [5, 5.41) is 0. The lowest BCUT2D eigenvalue weighted by Gasteiger charge is -2.16. The predicted molar refractivity (Wildman–Crippen MR) is 108 cm³/mol. The molecule has 1 heterocycles. The van der Waals surface area contributed by atoms with Gasteiger partial charge in [0.2, 0.25) is 0 Å². The van der Waals surface area contributed by atoms with E-state index >= 15 is 0 Å². The Labute approximate surface area is 158 Å². The minimum absolute atomic E-state index is 0.0914. The maximum atomic E-state index is 12.8. The third-order valence-corrected chi connectivity index (χ3v) is 5.55. The van der Waals surface area contributed by atoms with Crippen LogP contribution in [-0.2, 0) is 4.79 Å². The molecule has 1 fully saturated rings. The molecule has 0 aromatic heterocycles. The number of rotatable bonds is 3. The van der Waals surface area contributed by atoms with Crippen molar-refractivity contribution < 1.29 is 9.53 Å². The quantitative estimate of drug-likeness (QED) is 0.506. The number of anilines is 1. The third kappa shape index (κ3) is 3.27. The molecule has 2 aromatic carbocycles. The second-order valence-electron chi connectivity index (χ2n) is 5.20. The highest BCUT2D eigenvalue weighted by Crippen LogP contribution is 2.37. The van der Waals surface area contributed by atoms with Crippen molar-refractivity contribution in [2.75, 3.05) is 12.0 Å². The van der Waals surface area contributed by atoms with Gasteiger partial charge in [-0.2, -0.15) is 0 Å². The fourth-order valence-electron chi connectivity index (χ4n) is 2.41. The van der Waals surface area contributed by atoms with E-state index in [1.165, 1.54) is 11.8 Å². The van der Waals surface area contributed by atoms with Gasteiger partial charge in [0.05, 0.1) is 22.2 Å². The van der Waals surface area contributed by atoms with E-state index in [0.29, 0.717) is 9.23 Å². The zero-order chi connectivity index (χ0) is 17.3. The van der Waals surface area contributed by atoms with Crippen molar-refractivity contribution in [1.82, 2.24) is 0 Å². The highest BCUT2D eigenvalue weighted by atomic mass is 79.9. The first-order valence-electron chi connectivity index (χ1n) is 7.18. The van der Waals surface area contributed by atoms with Crippen molar-refractivity contribution in [3.8, 4) is 5.75 Å². The first kappa shape index (κ1) is 17.2. The largest absolute Gasteiger partial charge is 0.496 e. The van der Waals surface area contributed by atoms with Crippen molar-refractivity contribution >= 4 is 61.9 Å². The molecule has 0 atom stereocenters. The summed E-state index contributed by atoms with van der Waals surface area (Å²) in [6.45, 7) is 1.97. The number of thioether (sulfide) groups is 1. The highest BCUT2D eigenvalue weighted by molar-refractivity contribution is 9.10. The van der Waals surface area contributed by atoms with Gasteiger partial charge < -0.3 is 4.74 Å². The standard InChI is InChI=1S/C18H14BrNO2S2/c1-11-5-3-4-6-14(11)20-17(21)16(24-18(20)23)10-12-7-8-15(22-2)13(19)9-12/h3-10H,1-2H3. The van der Waals surface area contributed by atoms with Gasteiger partial charge in [-0.25, -0.2) is 0 Å². The maximum absolute atomic E-state index is 12.8. The normalized spacial score (nSPS) is 16.1. The number of carbonyl (C=O) groups excluding carboxylic acids is 1. The van der Waals surface area contributed by atoms with Gasteiger partial charge in [0.1, 0.15) is 5.75 Å². The van der Waals surface area contributed by atoms with Gasteiger partial charge in [0, 0.05) is 0 Å². The molecule has 1 aliphatic heterocycles. The third-order valence-electron chi connectivity index (χ3n) is 3.62. The summed E-state index contributed by atoms with van der Waals surface area (Å²) in [6, 6.07) is 13.4. The number of aryl methyl sites for hydroxylation is 1. The minimum Gasteiger partial charge on any atom is -0.496 e. The zero-order valence-corrected chi connectivity index (χ0v) is 16.3. The van der Waals surface area contributed by atoms with Gasteiger partial charge in [-0.3, -0.25) is 9.69 Å². The van der Waals surface area contributed by atoms with Gasteiger partial charge in [-0.15, -0.1) is 0 Å². The van der Waals surface area contributed by atoms with Crippen LogP contribution in [0.3, 0.4) is 0 Å². The molecular formula is C18H14BrNO2S2. The average molecular weight is 420 g/mol. The lowest BCUT2D eigenvalue weighted by atomic mass is 10.1. The fourth-order valence-corrected chi connectivity index (χ4v) is 4.26. The van der Waals surface area contributed by atoms with Crippen LogP contribution in [-0.4, -0.2) is 17.3 Å². The fraction of sp³-hybridized carbons (Fsp3) is 0.111. The second kappa shape index (κ2) is 7.09. The van der Waals surface area contributed by atoms with Crippen LogP contribution in [0.25, 0.3) is 6.08 Å². The van der Waals surface area contributed by atoms with Gasteiger partial charge in [0.25, 0.3) is 5.91 Å².